The third-order valence-corrected chi connectivity index (χ3v) is 4.03. The fourth-order valence-electron chi connectivity index (χ4n) is 2.78. The van der Waals surface area contributed by atoms with Crippen molar-refractivity contribution in [1.82, 2.24) is 28.9 Å². The van der Waals surface area contributed by atoms with Crippen molar-refractivity contribution in [3.05, 3.63) is 16.7 Å². The van der Waals surface area contributed by atoms with Crippen molar-refractivity contribution in [2.45, 2.75) is 12.3 Å². The topological polar surface area (TPSA) is 101 Å². The Morgan fingerprint density at radius 1 is 1.44 bits per heavy atom. The first-order chi connectivity index (χ1) is 11.9. The number of hydrogen-bond acceptors (Lipinski definition) is 7. The maximum atomic E-state index is 12.5. The Bertz CT molecular complexity index is 841. The summed E-state index contributed by atoms with van der Waals surface area (Å²) in [4.78, 5) is 29.3. The lowest BCUT2D eigenvalue weighted by Crippen LogP contribution is -2.45. The molecule has 1 saturated heterocycles. The second-order valence-electron chi connectivity index (χ2n) is 6.42. The quantitative estimate of drug-likeness (QED) is 0.568. The molecule has 0 saturated carbocycles. The number of likely N-dealkylation sites (N-methyl/N-ethyl adjacent to an activating group) is 1. The van der Waals surface area contributed by atoms with Crippen LogP contribution in [0.2, 0.25) is 0 Å². The molecular weight excluding hydrogens is 326 g/mol. The van der Waals surface area contributed by atoms with Gasteiger partial charge in [-0.05, 0) is 7.05 Å². The summed E-state index contributed by atoms with van der Waals surface area (Å²) in [6, 6.07) is 0. The summed E-state index contributed by atoms with van der Waals surface area (Å²) in [5.41, 5.74) is 0.423. The highest BCUT2D eigenvalue weighted by Gasteiger charge is 2.28. The molecular formula is C15H23N7O3. The van der Waals surface area contributed by atoms with Crippen LogP contribution in [0.4, 0.5) is 5.95 Å². The van der Waals surface area contributed by atoms with E-state index in [0.29, 0.717) is 18.7 Å². The van der Waals surface area contributed by atoms with Crippen LogP contribution in [0.15, 0.2) is 16.1 Å². The van der Waals surface area contributed by atoms with Crippen molar-refractivity contribution in [2.75, 3.05) is 40.8 Å². The van der Waals surface area contributed by atoms with Gasteiger partial charge in [-0.3, -0.25) is 18.8 Å². The first kappa shape index (κ1) is 17.5. The number of imidazole rings is 1. The van der Waals surface area contributed by atoms with E-state index in [0.717, 1.165) is 0 Å². The molecule has 0 aromatic carbocycles. The molecule has 3 rings (SSSR count). The minimum atomic E-state index is -0.383. The van der Waals surface area contributed by atoms with Gasteiger partial charge >= 0.3 is 0 Å². The lowest BCUT2D eigenvalue weighted by Gasteiger charge is -2.35. The van der Waals surface area contributed by atoms with E-state index in [1.165, 1.54) is 4.57 Å². The van der Waals surface area contributed by atoms with Crippen molar-refractivity contribution in [2.24, 2.45) is 12.0 Å². The fourth-order valence-corrected chi connectivity index (χ4v) is 2.78. The van der Waals surface area contributed by atoms with E-state index in [-0.39, 0.29) is 36.0 Å². The number of fused-ring (bicyclic) bond motifs is 1. The largest absolute Gasteiger partial charge is 0.394 e. The molecule has 1 fully saturated rings. The molecule has 2 atom stereocenters. The van der Waals surface area contributed by atoms with E-state index in [4.69, 9.17) is 4.74 Å². The zero-order chi connectivity index (χ0) is 18.1. The number of aliphatic hydroxyl groups is 1. The summed E-state index contributed by atoms with van der Waals surface area (Å²) in [6.45, 7) is 1.18. The lowest BCUT2D eigenvalue weighted by molar-refractivity contribution is -0.127. The number of ether oxygens (including phenoxy) is 1. The molecule has 25 heavy (non-hydrogen) atoms. The smallest absolute Gasteiger partial charge is 0.282 e. The van der Waals surface area contributed by atoms with Gasteiger partial charge in [0.05, 0.1) is 25.4 Å². The highest BCUT2D eigenvalue weighted by Crippen LogP contribution is 2.22. The zero-order valence-corrected chi connectivity index (χ0v) is 14.8. The van der Waals surface area contributed by atoms with Gasteiger partial charge in [0.25, 0.3) is 5.56 Å². The Balaban J connectivity index is 2.06. The Labute approximate surface area is 145 Å². The van der Waals surface area contributed by atoms with E-state index in [2.05, 4.69) is 19.9 Å². The molecule has 0 spiro atoms. The van der Waals surface area contributed by atoms with Gasteiger partial charge in [0.2, 0.25) is 5.95 Å². The highest BCUT2D eigenvalue weighted by molar-refractivity contribution is 5.71. The molecule has 0 amide bonds. The van der Waals surface area contributed by atoms with Gasteiger partial charge in [0.15, 0.2) is 11.2 Å². The average molecular weight is 349 g/mol. The van der Waals surface area contributed by atoms with E-state index >= 15 is 0 Å². The van der Waals surface area contributed by atoms with Gasteiger partial charge < -0.3 is 14.7 Å². The van der Waals surface area contributed by atoms with Crippen LogP contribution in [0.1, 0.15) is 6.23 Å². The zero-order valence-electron chi connectivity index (χ0n) is 14.8. The average Bonchev–Trinajstić information content (AvgIpc) is 3.00. The number of morpholine rings is 1. The van der Waals surface area contributed by atoms with Crippen molar-refractivity contribution < 1.29 is 9.84 Å². The maximum absolute atomic E-state index is 12.5. The van der Waals surface area contributed by atoms with Crippen LogP contribution in [-0.2, 0) is 11.8 Å². The van der Waals surface area contributed by atoms with Gasteiger partial charge in [-0.15, -0.1) is 0 Å². The first-order valence-corrected chi connectivity index (χ1v) is 7.99. The van der Waals surface area contributed by atoms with Crippen molar-refractivity contribution >= 4 is 23.5 Å². The molecule has 1 aliphatic heterocycles. The molecule has 0 radical (unpaired) electrons. The molecule has 1 N–H and O–H groups in total. The van der Waals surface area contributed by atoms with Crippen molar-refractivity contribution in [1.29, 1.82) is 0 Å². The van der Waals surface area contributed by atoms with Gasteiger partial charge in [-0.1, -0.05) is 0 Å². The standard InChI is InChI=1S/C15H23N7O3/c1-19(2)8-17-15-18-13-12(14(24)21(15)4)16-9-22(13)11-6-20(3)5-10(7-23)25-11/h8-11,23H,5-7H2,1-4H3. The molecule has 2 unspecified atom stereocenters. The summed E-state index contributed by atoms with van der Waals surface area (Å²) in [5.74, 6) is 0.288. The molecule has 0 aliphatic carbocycles. The Morgan fingerprint density at radius 3 is 2.88 bits per heavy atom. The second kappa shape index (κ2) is 6.90. The molecule has 1 aliphatic rings. The van der Waals surface area contributed by atoms with Crippen LogP contribution in [0.25, 0.3) is 11.2 Å². The van der Waals surface area contributed by atoms with E-state index in [9.17, 15) is 9.90 Å². The molecule has 2 aromatic heterocycles. The third-order valence-electron chi connectivity index (χ3n) is 4.03. The minimum absolute atomic E-state index is 0.0684. The van der Waals surface area contributed by atoms with Crippen molar-refractivity contribution in [3.63, 3.8) is 0 Å². The number of aliphatic hydroxyl groups excluding tert-OH is 1. The van der Waals surface area contributed by atoms with Gasteiger partial charge in [0.1, 0.15) is 6.23 Å². The maximum Gasteiger partial charge on any atom is 0.282 e. The van der Waals surface area contributed by atoms with Gasteiger partial charge in [0, 0.05) is 34.2 Å². The Hall–Kier alpha value is -2.30. The van der Waals surface area contributed by atoms with Gasteiger partial charge in [-0.25, -0.2) is 9.98 Å². The van der Waals surface area contributed by atoms with E-state index < -0.39 is 0 Å². The summed E-state index contributed by atoms with van der Waals surface area (Å²) >= 11 is 0. The molecule has 10 nitrogen and oxygen atoms in total. The predicted molar refractivity (Wildman–Crippen MR) is 93.1 cm³/mol. The number of nitrogens with zero attached hydrogens (tertiary/aromatic N) is 7. The van der Waals surface area contributed by atoms with Crippen LogP contribution in [-0.4, -0.2) is 87.3 Å². The molecule has 0 bridgehead atoms. The molecule has 3 heterocycles. The Kier molecular flexibility index (Phi) is 4.84. The van der Waals surface area contributed by atoms with E-state index in [1.54, 1.807) is 29.2 Å². The van der Waals surface area contributed by atoms with Crippen LogP contribution in [0, 0.1) is 0 Å². The normalized spacial score (nSPS) is 22.1. The van der Waals surface area contributed by atoms with Crippen LogP contribution in [0.3, 0.4) is 0 Å². The minimum Gasteiger partial charge on any atom is -0.394 e. The molecule has 10 heteroatoms. The van der Waals surface area contributed by atoms with Gasteiger partial charge in [-0.2, -0.15) is 4.98 Å². The third kappa shape index (κ3) is 3.41. The monoisotopic (exact) mass is 349 g/mol. The number of aromatic nitrogens is 4. The summed E-state index contributed by atoms with van der Waals surface area (Å²) < 4.78 is 8.99. The second-order valence-corrected chi connectivity index (χ2v) is 6.42. The summed E-state index contributed by atoms with van der Waals surface area (Å²) in [6.07, 6.45) is 2.46. The van der Waals surface area contributed by atoms with Crippen LogP contribution in [0.5, 0.6) is 0 Å². The first-order valence-electron chi connectivity index (χ1n) is 7.99. The molecule has 136 valence electrons. The number of hydrogen-bond donors (Lipinski definition) is 1. The summed E-state index contributed by atoms with van der Waals surface area (Å²) in [5, 5.41) is 9.41. The summed E-state index contributed by atoms with van der Waals surface area (Å²) in [7, 11) is 7.25. The Morgan fingerprint density at radius 2 is 2.20 bits per heavy atom. The molecule has 2 aromatic rings. The van der Waals surface area contributed by atoms with Crippen LogP contribution >= 0.6 is 0 Å². The lowest BCUT2D eigenvalue weighted by atomic mass is 10.3. The number of rotatable bonds is 4. The van der Waals surface area contributed by atoms with Crippen LogP contribution < -0.4 is 5.56 Å². The predicted octanol–water partition coefficient (Wildman–Crippen LogP) is -0.827. The van der Waals surface area contributed by atoms with E-state index in [1.807, 2.05) is 21.1 Å². The fraction of sp³-hybridized carbons (Fsp3) is 0.600. The van der Waals surface area contributed by atoms with Crippen molar-refractivity contribution in [3.8, 4) is 0 Å². The SMILES string of the molecule is CN(C)C=Nc1nc2c(ncn2C2CN(C)CC(CO)O2)c(=O)n1C. The number of aliphatic imine (C=N–C) groups is 1. The highest BCUT2D eigenvalue weighted by atomic mass is 16.5.